The van der Waals surface area contributed by atoms with Gasteiger partial charge in [-0.25, -0.2) is 0 Å². The van der Waals surface area contributed by atoms with E-state index >= 15 is 0 Å². The van der Waals surface area contributed by atoms with Crippen LogP contribution in [0.1, 0.15) is 48.5 Å². The van der Waals surface area contributed by atoms with Crippen molar-refractivity contribution in [3.8, 4) is 0 Å². The van der Waals surface area contributed by atoms with Crippen LogP contribution >= 0.6 is 15.9 Å². The highest BCUT2D eigenvalue weighted by atomic mass is 79.9. The van der Waals surface area contributed by atoms with Crippen LogP contribution in [0.5, 0.6) is 0 Å². The average molecular weight is 340 g/mol. The van der Waals surface area contributed by atoms with Crippen LogP contribution in [0.3, 0.4) is 0 Å². The highest BCUT2D eigenvalue weighted by molar-refractivity contribution is 9.10. The molecule has 1 aliphatic rings. The molecule has 1 amide bonds. The summed E-state index contributed by atoms with van der Waals surface area (Å²) in [5.74, 6) is 0.589. The van der Waals surface area contributed by atoms with E-state index in [2.05, 4.69) is 28.2 Å². The molecule has 1 aliphatic carbocycles. The zero-order valence-corrected chi connectivity index (χ0v) is 13.7. The molecule has 0 saturated heterocycles. The van der Waals surface area contributed by atoms with Gasteiger partial charge in [-0.05, 0) is 62.3 Å². The van der Waals surface area contributed by atoms with E-state index in [1.807, 2.05) is 25.1 Å². The molecule has 4 heteroatoms. The largest absolute Gasteiger partial charge is 0.394 e. The summed E-state index contributed by atoms with van der Waals surface area (Å²) in [4.78, 5) is 12.4. The van der Waals surface area contributed by atoms with Crippen molar-refractivity contribution in [3.05, 3.63) is 33.8 Å². The second-order valence-electron chi connectivity index (χ2n) is 6.04. The van der Waals surface area contributed by atoms with E-state index in [4.69, 9.17) is 0 Å². The smallest absolute Gasteiger partial charge is 0.251 e. The van der Waals surface area contributed by atoms with Gasteiger partial charge >= 0.3 is 0 Å². The molecule has 1 saturated carbocycles. The number of hydrogen-bond donors (Lipinski definition) is 2. The number of amides is 1. The molecule has 3 nitrogen and oxygen atoms in total. The normalized spacial score (nSPS) is 26.3. The third kappa shape index (κ3) is 3.41. The molecule has 0 radical (unpaired) electrons. The molecule has 0 atom stereocenters. The van der Waals surface area contributed by atoms with Gasteiger partial charge in [0.2, 0.25) is 0 Å². The van der Waals surface area contributed by atoms with Crippen molar-refractivity contribution in [2.75, 3.05) is 6.61 Å². The van der Waals surface area contributed by atoms with Gasteiger partial charge in [0.05, 0.1) is 12.1 Å². The second-order valence-corrected chi connectivity index (χ2v) is 6.89. The predicted molar refractivity (Wildman–Crippen MR) is 83.8 cm³/mol. The number of rotatable bonds is 3. The number of nitrogens with one attached hydrogen (secondary N) is 1. The van der Waals surface area contributed by atoms with Crippen LogP contribution < -0.4 is 5.32 Å². The van der Waals surface area contributed by atoms with Gasteiger partial charge in [-0.15, -0.1) is 0 Å². The summed E-state index contributed by atoms with van der Waals surface area (Å²) in [6.07, 6.45) is 3.82. The highest BCUT2D eigenvalue weighted by Crippen LogP contribution is 2.32. The fraction of sp³-hybridized carbons (Fsp3) is 0.562. The van der Waals surface area contributed by atoms with E-state index < -0.39 is 5.54 Å². The fourth-order valence-electron chi connectivity index (χ4n) is 2.74. The molecule has 2 N–H and O–H groups in total. The topological polar surface area (TPSA) is 49.3 Å². The third-order valence-electron chi connectivity index (χ3n) is 4.33. The van der Waals surface area contributed by atoms with E-state index in [-0.39, 0.29) is 12.5 Å². The van der Waals surface area contributed by atoms with Crippen molar-refractivity contribution in [2.24, 2.45) is 5.92 Å². The van der Waals surface area contributed by atoms with E-state index in [9.17, 15) is 9.90 Å². The average Bonchev–Trinajstić information content (AvgIpc) is 2.44. The van der Waals surface area contributed by atoms with E-state index in [0.717, 1.165) is 35.7 Å². The van der Waals surface area contributed by atoms with Crippen LogP contribution in [0.25, 0.3) is 0 Å². The maximum atomic E-state index is 12.4. The summed E-state index contributed by atoms with van der Waals surface area (Å²) < 4.78 is 0.998. The Bertz CT molecular complexity index is 493. The maximum Gasteiger partial charge on any atom is 0.251 e. The zero-order valence-electron chi connectivity index (χ0n) is 12.1. The third-order valence-corrected chi connectivity index (χ3v) is 5.22. The minimum atomic E-state index is -0.440. The van der Waals surface area contributed by atoms with Crippen molar-refractivity contribution in [1.29, 1.82) is 0 Å². The number of aliphatic hydroxyl groups excluding tert-OH is 1. The van der Waals surface area contributed by atoms with Crippen LogP contribution in [0.2, 0.25) is 0 Å². The minimum Gasteiger partial charge on any atom is -0.394 e. The van der Waals surface area contributed by atoms with Crippen molar-refractivity contribution >= 4 is 21.8 Å². The van der Waals surface area contributed by atoms with Crippen LogP contribution in [0.15, 0.2) is 22.7 Å². The summed E-state index contributed by atoms with van der Waals surface area (Å²) in [7, 11) is 0. The lowest BCUT2D eigenvalue weighted by Crippen LogP contribution is -2.53. The van der Waals surface area contributed by atoms with Crippen molar-refractivity contribution in [3.63, 3.8) is 0 Å². The van der Waals surface area contributed by atoms with Crippen LogP contribution in [0.4, 0.5) is 0 Å². The molecule has 0 aliphatic heterocycles. The standard InChI is InChI=1S/C16H22BrNO2/c1-11-5-7-16(10-19,8-6-11)18-15(20)13-3-4-14(17)12(2)9-13/h3-4,9,11,19H,5-8,10H2,1-2H3,(H,18,20). The molecule has 0 bridgehead atoms. The Kier molecular flexibility index (Phi) is 4.86. The molecule has 1 fully saturated rings. The van der Waals surface area contributed by atoms with Gasteiger partial charge in [0.25, 0.3) is 5.91 Å². The van der Waals surface area contributed by atoms with Crippen LogP contribution in [-0.2, 0) is 0 Å². The Balaban J connectivity index is 2.11. The Morgan fingerprint density at radius 2 is 2.10 bits per heavy atom. The Morgan fingerprint density at radius 3 is 2.65 bits per heavy atom. The first-order valence-electron chi connectivity index (χ1n) is 7.15. The molecule has 1 aromatic rings. The van der Waals surface area contributed by atoms with Gasteiger partial charge in [-0.3, -0.25) is 4.79 Å². The fourth-order valence-corrected chi connectivity index (χ4v) is 2.98. The summed E-state index contributed by atoms with van der Waals surface area (Å²) in [5.41, 5.74) is 1.25. The quantitative estimate of drug-likeness (QED) is 0.886. The molecule has 110 valence electrons. The SMILES string of the molecule is Cc1cc(C(=O)NC2(CO)CCC(C)CC2)ccc1Br. The van der Waals surface area contributed by atoms with E-state index in [1.54, 1.807) is 0 Å². The number of carbonyl (C=O) groups excluding carboxylic acids is 1. The van der Waals surface area contributed by atoms with Crippen molar-refractivity contribution in [2.45, 2.75) is 45.1 Å². The molecule has 0 heterocycles. The molecular weight excluding hydrogens is 318 g/mol. The molecule has 1 aromatic carbocycles. The Labute approximate surface area is 128 Å². The number of carbonyl (C=O) groups is 1. The number of aliphatic hydroxyl groups is 1. The number of benzene rings is 1. The van der Waals surface area contributed by atoms with E-state index in [0.29, 0.717) is 11.5 Å². The molecule has 2 rings (SSSR count). The molecular formula is C16H22BrNO2. The van der Waals surface area contributed by atoms with E-state index in [1.165, 1.54) is 0 Å². The van der Waals surface area contributed by atoms with Gasteiger partial charge < -0.3 is 10.4 Å². The van der Waals surface area contributed by atoms with Gasteiger partial charge in [0.1, 0.15) is 0 Å². The van der Waals surface area contributed by atoms with Gasteiger partial charge in [-0.2, -0.15) is 0 Å². The van der Waals surface area contributed by atoms with Crippen molar-refractivity contribution in [1.82, 2.24) is 5.32 Å². The lowest BCUT2D eigenvalue weighted by molar-refractivity contribution is 0.0717. The summed E-state index contributed by atoms with van der Waals surface area (Å²) >= 11 is 3.44. The monoisotopic (exact) mass is 339 g/mol. The Hall–Kier alpha value is -0.870. The molecule has 20 heavy (non-hydrogen) atoms. The number of hydrogen-bond acceptors (Lipinski definition) is 2. The number of halogens is 1. The molecule has 0 aromatic heterocycles. The Morgan fingerprint density at radius 1 is 1.45 bits per heavy atom. The van der Waals surface area contributed by atoms with Gasteiger partial charge in [-0.1, -0.05) is 22.9 Å². The lowest BCUT2D eigenvalue weighted by Gasteiger charge is -2.38. The zero-order chi connectivity index (χ0) is 14.8. The molecule has 0 spiro atoms. The first-order chi connectivity index (χ1) is 9.46. The predicted octanol–water partition coefficient (Wildman–Crippen LogP) is 3.43. The second kappa shape index (κ2) is 6.27. The van der Waals surface area contributed by atoms with Crippen LogP contribution in [-0.4, -0.2) is 23.2 Å². The lowest BCUT2D eigenvalue weighted by atomic mass is 9.77. The first kappa shape index (κ1) is 15.5. The first-order valence-corrected chi connectivity index (χ1v) is 7.94. The highest BCUT2D eigenvalue weighted by Gasteiger charge is 2.35. The van der Waals surface area contributed by atoms with Crippen LogP contribution in [0, 0.1) is 12.8 Å². The summed E-state index contributed by atoms with van der Waals surface area (Å²) in [6, 6.07) is 5.57. The van der Waals surface area contributed by atoms with Gasteiger partial charge in [0, 0.05) is 10.0 Å². The van der Waals surface area contributed by atoms with Gasteiger partial charge in [0.15, 0.2) is 0 Å². The minimum absolute atomic E-state index is 0.0149. The molecule has 0 unspecified atom stereocenters. The van der Waals surface area contributed by atoms with Crippen molar-refractivity contribution < 1.29 is 9.90 Å². The summed E-state index contributed by atoms with van der Waals surface area (Å²) in [5, 5.41) is 12.8. The summed E-state index contributed by atoms with van der Waals surface area (Å²) in [6.45, 7) is 4.20. The number of aryl methyl sites for hydroxylation is 1. The maximum absolute atomic E-state index is 12.4.